The summed E-state index contributed by atoms with van der Waals surface area (Å²) in [7, 11) is 3.11. The van der Waals surface area contributed by atoms with E-state index in [-0.39, 0.29) is 18.9 Å². The molecule has 1 unspecified atom stereocenters. The molecule has 1 aliphatic rings. The molecule has 0 radical (unpaired) electrons. The van der Waals surface area contributed by atoms with Gasteiger partial charge in [-0.1, -0.05) is 0 Å². The molecular formula is C23H28N2O6. The van der Waals surface area contributed by atoms with E-state index in [9.17, 15) is 14.7 Å². The molecule has 1 heterocycles. The summed E-state index contributed by atoms with van der Waals surface area (Å²) in [5, 5.41) is 12.3. The van der Waals surface area contributed by atoms with Gasteiger partial charge in [0.25, 0.3) is 0 Å². The molecule has 0 spiro atoms. The van der Waals surface area contributed by atoms with Crippen molar-refractivity contribution in [2.75, 3.05) is 39.2 Å². The molecule has 2 N–H and O–H groups in total. The monoisotopic (exact) mass is 428 g/mol. The number of carbonyl (C=O) groups excluding carboxylic acids is 1. The van der Waals surface area contributed by atoms with Crippen LogP contribution in [0.25, 0.3) is 0 Å². The van der Waals surface area contributed by atoms with Crippen molar-refractivity contribution < 1.29 is 28.9 Å². The van der Waals surface area contributed by atoms with Crippen LogP contribution in [0.5, 0.6) is 17.2 Å². The predicted molar refractivity (Wildman–Crippen MR) is 116 cm³/mol. The summed E-state index contributed by atoms with van der Waals surface area (Å²) in [5.74, 6) is 0.751. The zero-order valence-electron chi connectivity index (χ0n) is 18.0. The van der Waals surface area contributed by atoms with Gasteiger partial charge in [0.1, 0.15) is 5.75 Å². The molecule has 0 aliphatic carbocycles. The Balaban J connectivity index is 1.77. The zero-order chi connectivity index (χ0) is 22.4. The summed E-state index contributed by atoms with van der Waals surface area (Å²) in [6.45, 7) is 3.13. The van der Waals surface area contributed by atoms with Crippen LogP contribution in [0.2, 0.25) is 0 Å². The maximum absolute atomic E-state index is 12.7. The average molecular weight is 428 g/mol. The number of carboxylic acids is 1. The highest BCUT2D eigenvalue weighted by Crippen LogP contribution is 2.39. The van der Waals surface area contributed by atoms with Crippen molar-refractivity contribution in [2.45, 2.75) is 25.8 Å². The highest BCUT2D eigenvalue weighted by molar-refractivity contribution is 5.92. The van der Waals surface area contributed by atoms with Crippen molar-refractivity contribution in [2.24, 2.45) is 0 Å². The molecule has 0 saturated carbocycles. The highest BCUT2D eigenvalue weighted by Gasteiger charge is 2.32. The van der Waals surface area contributed by atoms with Gasteiger partial charge < -0.3 is 24.6 Å². The summed E-state index contributed by atoms with van der Waals surface area (Å²) >= 11 is 0. The van der Waals surface area contributed by atoms with Crippen molar-refractivity contribution in [3.05, 3.63) is 47.5 Å². The smallest absolute Gasteiger partial charge is 0.305 e. The molecule has 8 heteroatoms. The van der Waals surface area contributed by atoms with E-state index in [0.29, 0.717) is 36.8 Å². The van der Waals surface area contributed by atoms with Crippen molar-refractivity contribution in [1.82, 2.24) is 4.90 Å². The molecule has 166 valence electrons. The van der Waals surface area contributed by atoms with E-state index < -0.39 is 12.0 Å². The number of benzene rings is 2. The Morgan fingerprint density at radius 3 is 2.42 bits per heavy atom. The van der Waals surface area contributed by atoms with E-state index in [4.69, 9.17) is 14.2 Å². The number of amides is 1. The molecule has 1 atom stereocenters. The van der Waals surface area contributed by atoms with Crippen LogP contribution in [-0.2, 0) is 16.0 Å². The Kier molecular flexibility index (Phi) is 7.36. The maximum Gasteiger partial charge on any atom is 0.305 e. The third-order valence-electron chi connectivity index (χ3n) is 5.28. The highest BCUT2D eigenvalue weighted by atomic mass is 16.5. The van der Waals surface area contributed by atoms with Gasteiger partial charge in [0.15, 0.2) is 11.5 Å². The number of hydrogen-bond donors (Lipinski definition) is 2. The van der Waals surface area contributed by atoms with Crippen molar-refractivity contribution in [1.29, 1.82) is 0 Å². The topological polar surface area (TPSA) is 97.3 Å². The van der Waals surface area contributed by atoms with E-state index >= 15 is 0 Å². The van der Waals surface area contributed by atoms with Crippen molar-refractivity contribution in [3.8, 4) is 17.2 Å². The number of nitrogens with one attached hydrogen (secondary N) is 1. The molecule has 2 aromatic rings. The van der Waals surface area contributed by atoms with Crippen molar-refractivity contribution in [3.63, 3.8) is 0 Å². The normalized spacial score (nSPS) is 15.6. The van der Waals surface area contributed by atoms with E-state index in [2.05, 4.69) is 5.32 Å². The van der Waals surface area contributed by atoms with Gasteiger partial charge in [0.05, 0.1) is 33.8 Å². The molecule has 1 aliphatic heterocycles. The van der Waals surface area contributed by atoms with Crippen LogP contribution in [0.4, 0.5) is 5.69 Å². The fourth-order valence-corrected chi connectivity index (χ4v) is 3.86. The number of aliphatic carboxylic acids is 1. The molecule has 2 aromatic carbocycles. The SMILES string of the molecule is CCOc1ccc(NC(=O)CN2CCc3cc(OC)c(OC)cc3C2CC(=O)O)cc1. The lowest BCUT2D eigenvalue weighted by molar-refractivity contribution is -0.139. The Bertz CT molecular complexity index is 928. The largest absolute Gasteiger partial charge is 0.494 e. The van der Waals surface area contributed by atoms with Gasteiger partial charge in [-0.3, -0.25) is 14.5 Å². The molecule has 1 amide bonds. The lowest BCUT2D eigenvalue weighted by atomic mass is 9.90. The van der Waals surface area contributed by atoms with Crippen LogP contribution in [0, 0.1) is 0 Å². The van der Waals surface area contributed by atoms with E-state index in [1.807, 2.05) is 24.0 Å². The number of rotatable bonds is 9. The lowest BCUT2D eigenvalue weighted by Gasteiger charge is -2.36. The van der Waals surface area contributed by atoms with Gasteiger partial charge >= 0.3 is 5.97 Å². The van der Waals surface area contributed by atoms with Crippen LogP contribution < -0.4 is 19.5 Å². The third-order valence-corrected chi connectivity index (χ3v) is 5.28. The molecule has 31 heavy (non-hydrogen) atoms. The summed E-state index contributed by atoms with van der Waals surface area (Å²) < 4.78 is 16.2. The Labute approximate surface area is 181 Å². The standard InChI is InChI=1S/C23H28N2O6/c1-4-31-17-7-5-16(6-8-17)24-22(26)14-25-10-9-15-11-20(29-2)21(30-3)12-18(15)19(25)13-23(27)28/h5-8,11-12,19H,4,9-10,13-14H2,1-3H3,(H,24,26)(H,27,28). The number of fused-ring (bicyclic) bond motifs is 1. The first-order valence-corrected chi connectivity index (χ1v) is 10.2. The fraction of sp³-hybridized carbons (Fsp3) is 0.391. The third kappa shape index (κ3) is 5.46. The van der Waals surface area contributed by atoms with Gasteiger partial charge in [-0.05, 0) is 60.9 Å². The minimum Gasteiger partial charge on any atom is -0.494 e. The maximum atomic E-state index is 12.7. The van der Waals surface area contributed by atoms with Crippen molar-refractivity contribution >= 4 is 17.6 Å². The summed E-state index contributed by atoms with van der Waals surface area (Å²) in [5.41, 5.74) is 2.51. The van der Waals surface area contributed by atoms with Gasteiger partial charge in [-0.25, -0.2) is 0 Å². The molecule has 0 aromatic heterocycles. The molecule has 0 saturated heterocycles. The zero-order valence-corrected chi connectivity index (χ0v) is 18.0. The van der Waals surface area contributed by atoms with E-state index in [1.165, 1.54) is 0 Å². The second-order valence-corrected chi connectivity index (χ2v) is 7.25. The van der Waals surface area contributed by atoms with E-state index in [0.717, 1.165) is 16.9 Å². The number of hydrogen-bond acceptors (Lipinski definition) is 6. The molecular weight excluding hydrogens is 400 g/mol. The number of carboxylic acid groups (broad SMARTS) is 1. The quantitative estimate of drug-likeness (QED) is 0.633. The van der Waals surface area contributed by atoms with E-state index in [1.54, 1.807) is 38.5 Å². The lowest BCUT2D eigenvalue weighted by Crippen LogP contribution is -2.41. The first kappa shape index (κ1) is 22.4. The summed E-state index contributed by atoms with van der Waals surface area (Å²) in [6.07, 6.45) is 0.570. The summed E-state index contributed by atoms with van der Waals surface area (Å²) in [6, 6.07) is 10.4. The van der Waals surface area contributed by atoms with Gasteiger partial charge in [-0.2, -0.15) is 0 Å². The van der Waals surface area contributed by atoms with Crippen LogP contribution in [0.15, 0.2) is 36.4 Å². The number of ether oxygens (including phenoxy) is 3. The first-order valence-electron chi connectivity index (χ1n) is 10.2. The molecule has 0 fully saturated rings. The Morgan fingerprint density at radius 2 is 1.81 bits per heavy atom. The van der Waals surface area contributed by atoms with Gasteiger partial charge in [0, 0.05) is 18.3 Å². The number of anilines is 1. The van der Waals surface area contributed by atoms with Crippen LogP contribution >= 0.6 is 0 Å². The van der Waals surface area contributed by atoms with Crippen LogP contribution in [0.3, 0.4) is 0 Å². The molecule has 3 rings (SSSR count). The van der Waals surface area contributed by atoms with Gasteiger partial charge in [0.2, 0.25) is 5.91 Å². The second kappa shape index (κ2) is 10.2. The van der Waals surface area contributed by atoms with Crippen LogP contribution in [0.1, 0.15) is 30.5 Å². The predicted octanol–water partition coefficient (Wildman–Crippen LogP) is 3.12. The fourth-order valence-electron chi connectivity index (χ4n) is 3.86. The molecule has 8 nitrogen and oxygen atoms in total. The molecule has 0 bridgehead atoms. The first-order chi connectivity index (χ1) is 14.9. The second-order valence-electron chi connectivity index (χ2n) is 7.25. The minimum atomic E-state index is -0.926. The average Bonchev–Trinajstić information content (AvgIpc) is 2.75. The Hall–Kier alpha value is -3.26. The minimum absolute atomic E-state index is 0.0823. The number of methoxy groups -OCH3 is 2. The Morgan fingerprint density at radius 1 is 1.13 bits per heavy atom. The van der Waals surface area contributed by atoms with Crippen LogP contribution in [-0.4, -0.2) is 55.8 Å². The summed E-state index contributed by atoms with van der Waals surface area (Å²) in [4.78, 5) is 26.1. The van der Waals surface area contributed by atoms with Gasteiger partial charge in [-0.15, -0.1) is 0 Å². The number of nitrogens with zero attached hydrogens (tertiary/aromatic N) is 1. The number of carbonyl (C=O) groups is 2.